The van der Waals surface area contributed by atoms with Gasteiger partial charge >= 0.3 is 5.97 Å². The Morgan fingerprint density at radius 3 is 2.23 bits per heavy atom. The molecule has 0 aromatic heterocycles. The van der Waals surface area contributed by atoms with Crippen molar-refractivity contribution in [1.82, 2.24) is 0 Å². The van der Waals surface area contributed by atoms with Gasteiger partial charge in [-0.3, -0.25) is 14.4 Å². The summed E-state index contributed by atoms with van der Waals surface area (Å²) >= 11 is 0. The van der Waals surface area contributed by atoms with Crippen LogP contribution in [-0.4, -0.2) is 23.8 Å². The van der Waals surface area contributed by atoms with Crippen molar-refractivity contribution in [3.63, 3.8) is 0 Å². The number of esters is 1. The number of rotatable bonds is 6. The average molecular weight is 353 g/mol. The van der Waals surface area contributed by atoms with E-state index in [1.807, 2.05) is 32.0 Å². The van der Waals surface area contributed by atoms with Crippen LogP contribution in [0.5, 0.6) is 0 Å². The number of hydrogen-bond acceptors (Lipinski definition) is 4. The van der Waals surface area contributed by atoms with Gasteiger partial charge in [0.15, 0.2) is 11.9 Å². The minimum Gasteiger partial charge on any atom is -0.452 e. The quantitative estimate of drug-likeness (QED) is 0.636. The maximum Gasteiger partial charge on any atom is 0.311 e. The molecule has 0 spiro atoms. The smallest absolute Gasteiger partial charge is 0.311 e. The zero-order valence-electron chi connectivity index (χ0n) is 15.5. The maximum absolute atomic E-state index is 12.2. The molecule has 0 aliphatic heterocycles. The first-order chi connectivity index (χ1) is 12.3. The SMILES string of the molecule is CC(=O)c1ccc(NC(=O)[C@H](C)OC(=O)Cc2ccc(C)c(C)c2)cc1. The first-order valence-corrected chi connectivity index (χ1v) is 8.43. The zero-order valence-corrected chi connectivity index (χ0v) is 15.5. The number of anilines is 1. The summed E-state index contributed by atoms with van der Waals surface area (Å²) in [6.45, 7) is 6.99. The highest BCUT2D eigenvalue weighted by atomic mass is 16.5. The Morgan fingerprint density at radius 2 is 1.65 bits per heavy atom. The Labute approximate surface area is 153 Å². The summed E-state index contributed by atoms with van der Waals surface area (Å²) in [5.41, 5.74) is 4.22. The number of carbonyl (C=O) groups excluding carboxylic acids is 3. The van der Waals surface area contributed by atoms with Crippen molar-refractivity contribution in [3.05, 3.63) is 64.7 Å². The Bertz CT molecular complexity index is 824. The first-order valence-electron chi connectivity index (χ1n) is 8.43. The predicted octanol–water partition coefficient (Wildman–Crippen LogP) is 3.62. The topological polar surface area (TPSA) is 72.5 Å². The van der Waals surface area contributed by atoms with Crippen molar-refractivity contribution in [2.75, 3.05) is 5.32 Å². The molecule has 0 unspecified atom stereocenters. The molecule has 5 nitrogen and oxygen atoms in total. The Hall–Kier alpha value is -2.95. The molecule has 0 fully saturated rings. The van der Waals surface area contributed by atoms with E-state index < -0.39 is 18.0 Å². The van der Waals surface area contributed by atoms with Gasteiger partial charge in [-0.25, -0.2) is 0 Å². The second kappa shape index (κ2) is 8.43. The molecule has 0 aliphatic rings. The Kier molecular flexibility index (Phi) is 6.28. The zero-order chi connectivity index (χ0) is 19.3. The van der Waals surface area contributed by atoms with Gasteiger partial charge in [0.05, 0.1) is 6.42 Å². The predicted molar refractivity (Wildman–Crippen MR) is 100 cm³/mol. The van der Waals surface area contributed by atoms with Crippen molar-refractivity contribution in [2.45, 2.75) is 40.2 Å². The summed E-state index contributed by atoms with van der Waals surface area (Å²) in [7, 11) is 0. The monoisotopic (exact) mass is 353 g/mol. The molecule has 1 amide bonds. The molecular formula is C21H23NO4. The van der Waals surface area contributed by atoms with E-state index in [4.69, 9.17) is 4.74 Å². The average Bonchev–Trinajstić information content (AvgIpc) is 2.58. The number of carbonyl (C=O) groups is 3. The van der Waals surface area contributed by atoms with Crippen LogP contribution in [0.25, 0.3) is 0 Å². The molecule has 1 atom stereocenters. The van der Waals surface area contributed by atoms with Crippen LogP contribution in [0.2, 0.25) is 0 Å². The molecule has 0 saturated carbocycles. The molecule has 0 saturated heterocycles. The molecule has 2 aromatic carbocycles. The lowest BCUT2D eigenvalue weighted by Gasteiger charge is -2.14. The van der Waals surface area contributed by atoms with Crippen LogP contribution in [-0.2, 0) is 20.7 Å². The number of ether oxygens (including phenoxy) is 1. The number of nitrogens with one attached hydrogen (secondary N) is 1. The summed E-state index contributed by atoms with van der Waals surface area (Å²) in [4.78, 5) is 35.5. The number of benzene rings is 2. The van der Waals surface area contributed by atoms with Gasteiger partial charge in [-0.1, -0.05) is 18.2 Å². The van der Waals surface area contributed by atoms with Crippen molar-refractivity contribution in [2.24, 2.45) is 0 Å². The van der Waals surface area contributed by atoms with Crippen LogP contribution in [0, 0.1) is 13.8 Å². The minimum atomic E-state index is -0.915. The van der Waals surface area contributed by atoms with Crippen LogP contribution in [0.4, 0.5) is 5.69 Å². The molecule has 0 heterocycles. The van der Waals surface area contributed by atoms with E-state index in [0.717, 1.165) is 16.7 Å². The van der Waals surface area contributed by atoms with Crippen molar-refractivity contribution in [1.29, 1.82) is 0 Å². The van der Waals surface area contributed by atoms with E-state index >= 15 is 0 Å². The van der Waals surface area contributed by atoms with E-state index in [2.05, 4.69) is 5.32 Å². The lowest BCUT2D eigenvalue weighted by Crippen LogP contribution is -2.30. The third kappa shape index (κ3) is 5.28. The molecule has 0 bridgehead atoms. The van der Waals surface area contributed by atoms with Gasteiger partial charge in [-0.2, -0.15) is 0 Å². The number of amides is 1. The molecular weight excluding hydrogens is 330 g/mol. The van der Waals surface area contributed by atoms with Crippen LogP contribution in [0.15, 0.2) is 42.5 Å². The fourth-order valence-electron chi connectivity index (χ4n) is 2.40. The summed E-state index contributed by atoms with van der Waals surface area (Å²) < 4.78 is 5.22. The second-order valence-electron chi connectivity index (χ2n) is 6.35. The highest BCUT2D eigenvalue weighted by Gasteiger charge is 2.18. The van der Waals surface area contributed by atoms with Crippen LogP contribution < -0.4 is 5.32 Å². The second-order valence-corrected chi connectivity index (χ2v) is 6.35. The highest BCUT2D eigenvalue weighted by molar-refractivity contribution is 5.97. The van der Waals surface area contributed by atoms with Gasteiger partial charge in [0, 0.05) is 11.3 Å². The van der Waals surface area contributed by atoms with Crippen LogP contribution in [0.3, 0.4) is 0 Å². The third-order valence-electron chi connectivity index (χ3n) is 4.16. The molecule has 26 heavy (non-hydrogen) atoms. The largest absolute Gasteiger partial charge is 0.452 e. The standard InChI is InChI=1S/C21H23NO4/c1-13-5-6-17(11-14(13)2)12-20(24)26-16(4)21(25)22-19-9-7-18(8-10-19)15(3)23/h5-11,16H,12H2,1-4H3,(H,22,25)/t16-/m0/s1. The Morgan fingerprint density at radius 1 is 1.00 bits per heavy atom. The first kappa shape index (κ1) is 19.4. The lowest BCUT2D eigenvalue weighted by molar-refractivity contribution is -0.152. The van der Waals surface area contributed by atoms with E-state index in [9.17, 15) is 14.4 Å². The molecule has 0 aliphatic carbocycles. The highest BCUT2D eigenvalue weighted by Crippen LogP contribution is 2.13. The van der Waals surface area contributed by atoms with E-state index in [1.54, 1.807) is 24.3 Å². The van der Waals surface area contributed by atoms with Gasteiger partial charge in [-0.15, -0.1) is 0 Å². The number of ketones is 1. The van der Waals surface area contributed by atoms with E-state index in [-0.39, 0.29) is 12.2 Å². The molecule has 2 rings (SSSR count). The van der Waals surface area contributed by atoms with Gasteiger partial charge < -0.3 is 10.1 Å². The maximum atomic E-state index is 12.2. The molecule has 0 radical (unpaired) electrons. The van der Waals surface area contributed by atoms with E-state index in [0.29, 0.717) is 11.3 Å². The number of Topliss-reactive ketones (excluding diaryl/α,β-unsaturated/α-hetero) is 1. The molecule has 136 valence electrons. The third-order valence-corrected chi connectivity index (χ3v) is 4.16. The lowest BCUT2D eigenvalue weighted by atomic mass is 10.0. The van der Waals surface area contributed by atoms with Crippen LogP contribution >= 0.6 is 0 Å². The fraction of sp³-hybridized carbons (Fsp3) is 0.286. The van der Waals surface area contributed by atoms with E-state index in [1.165, 1.54) is 13.8 Å². The summed E-state index contributed by atoms with van der Waals surface area (Å²) in [5.74, 6) is -0.923. The summed E-state index contributed by atoms with van der Waals surface area (Å²) in [6.07, 6.45) is -0.798. The Balaban J connectivity index is 1.90. The van der Waals surface area contributed by atoms with Gasteiger partial charge in [0.2, 0.25) is 0 Å². The summed E-state index contributed by atoms with van der Waals surface area (Å²) in [6, 6.07) is 12.3. The number of hydrogen-bond donors (Lipinski definition) is 1. The molecule has 1 N–H and O–H groups in total. The number of aryl methyl sites for hydroxylation is 2. The summed E-state index contributed by atoms with van der Waals surface area (Å²) in [5, 5.41) is 2.67. The normalized spacial score (nSPS) is 11.5. The van der Waals surface area contributed by atoms with Crippen molar-refractivity contribution in [3.8, 4) is 0 Å². The minimum absolute atomic E-state index is 0.0449. The molecule has 5 heteroatoms. The van der Waals surface area contributed by atoms with Crippen molar-refractivity contribution < 1.29 is 19.1 Å². The molecule has 2 aromatic rings. The van der Waals surface area contributed by atoms with Crippen LogP contribution in [0.1, 0.15) is 40.9 Å². The van der Waals surface area contributed by atoms with Crippen molar-refractivity contribution >= 4 is 23.3 Å². The fourth-order valence-corrected chi connectivity index (χ4v) is 2.40. The van der Waals surface area contributed by atoms with Gasteiger partial charge in [-0.05, 0) is 68.7 Å². The van der Waals surface area contributed by atoms with Gasteiger partial charge in [0.1, 0.15) is 0 Å². The van der Waals surface area contributed by atoms with Gasteiger partial charge in [0.25, 0.3) is 5.91 Å².